The number of alkyl carbamates (subject to hydrolysis) is 1. The predicted molar refractivity (Wildman–Crippen MR) is 85.8 cm³/mol. The Bertz CT molecular complexity index is 642. The summed E-state index contributed by atoms with van der Waals surface area (Å²) >= 11 is 0. The maximum atomic E-state index is 14.3. The number of nitrogens with one attached hydrogen (secondary N) is 1. The van der Waals surface area contributed by atoms with Gasteiger partial charge in [-0.05, 0) is 33.6 Å². The van der Waals surface area contributed by atoms with Crippen LogP contribution in [0.4, 0.5) is 14.9 Å². The van der Waals surface area contributed by atoms with Crippen LogP contribution < -0.4 is 5.32 Å². The molecule has 2 heterocycles. The lowest BCUT2D eigenvalue weighted by atomic mass is 10.0. The van der Waals surface area contributed by atoms with Crippen molar-refractivity contribution in [3.05, 3.63) is 22.0 Å². The van der Waals surface area contributed by atoms with Gasteiger partial charge in [0.1, 0.15) is 29.8 Å². The summed E-state index contributed by atoms with van der Waals surface area (Å²) in [6.07, 6.45) is -1.10. The Morgan fingerprint density at radius 1 is 1.52 bits per heavy atom. The lowest BCUT2D eigenvalue weighted by Gasteiger charge is -2.24. The highest BCUT2D eigenvalue weighted by Crippen LogP contribution is 2.33. The first-order valence-electron chi connectivity index (χ1n) is 8.00. The van der Waals surface area contributed by atoms with E-state index in [0.29, 0.717) is 6.42 Å². The van der Waals surface area contributed by atoms with Crippen molar-refractivity contribution in [3.8, 4) is 0 Å². The first-order chi connectivity index (χ1) is 11.6. The third kappa shape index (κ3) is 4.88. The normalized spacial score (nSPS) is 24.4. The molecular weight excluding hydrogens is 335 g/mol. The van der Waals surface area contributed by atoms with E-state index in [9.17, 15) is 19.3 Å². The molecular formula is C15H23FN4O5. The largest absolute Gasteiger partial charge is 0.444 e. The monoisotopic (exact) mass is 358 g/mol. The van der Waals surface area contributed by atoms with E-state index >= 15 is 0 Å². The molecule has 1 aliphatic heterocycles. The highest BCUT2D eigenvalue weighted by Gasteiger charge is 2.35. The van der Waals surface area contributed by atoms with Crippen molar-refractivity contribution in [1.29, 1.82) is 0 Å². The number of carbonyl (C=O) groups is 1. The number of rotatable bonds is 3. The van der Waals surface area contributed by atoms with Crippen LogP contribution in [-0.2, 0) is 16.5 Å². The van der Waals surface area contributed by atoms with E-state index in [-0.39, 0.29) is 24.4 Å². The Balaban J connectivity index is 2.07. The van der Waals surface area contributed by atoms with Gasteiger partial charge in [-0.25, -0.2) is 9.18 Å². The fourth-order valence-electron chi connectivity index (χ4n) is 2.71. The molecule has 140 valence electrons. The van der Waals surface area contributed by atoms with Crippen LogP contribution in [0.25, 0.3) is 0 Å². The van der Waals surface area contributed by atoms with Gasteiger partial charge in [0, 0.05) is 7.05 Å². The van der Waals surface area contributed by atoms with Gasteiger partial charge < -0.3 is 14.8 Å². The molecule has 0 aromatic carbocycles. The van der Waals surface area contributed by atoms with E-state index < -0.39 is 34.9 Å². The maximum absolute atomic E-state index is 14.3. The molecule has 9 nitrogen and oxygen atoms in total. The minimum atomic E-state index is -1.44. The molecule has 10 heteroatoms. The quantitative estimate of drug-likeness (QED) is 0.656. The van der Waals surface area contributed by atoms with Gasteiger partial charge in [-0.15, -0.1) is 0 Å². The number of nitro groups is 1. The summed E-state index contributed by atoms with van der Waals surface area (Å²) < 4.78 is 26.3. The van der Waals surface area contributed by atoms with Crippen LogP contribution in [0.3, 0.4) is 0 Å². The second kappa shape index (κ2) is 7.34. The van der Waals surface area contributed by atoms with Crippen molar-refractivity contribution in [2.24, 2.45) is 7.05 Å². The highest BCUT2D eigenvalue weighted by atomic mass is 19.1. The summed E-state index contributed by atoms with van der Waals surface area (Å²) in [6, 6.07) is -0.785. The van der Waals surface area contributed by atoms with Crippen molar-refractivity contribution in [3.63, 3.8) is 0 Å². The molecule has 0 bridgehead atoms. The SMILES string of the molecule is Cn1ncc([N+](=O)[O-])c1[C@@H]1CC[C@@H](NC(=O)OC(C)(C)C)[C@@H](F)CO1. The van der Waals surface area contributed by atoms with Crippen LogP contribution in [0, 0.1) is 10.1 Å². The van der Waals surface area contributed by atoms with Gasteiger partial charge in [-0.2, -0.15) is 5.10 Å². The van der Waals surface area contributed by atoms with Crippen molar-refractivity contribution in [2.75, 3.05) is 6.61 Å². The highest BCUT2D eigenvalue weighted by molar-refractivity contribution is 5.68. The van der Waals surface area contributed by atoms with E-state index in [1.54, 1.807) is 27.8 Å². The van der Waals surface area contributed by atoms with Gasteiger partial charge in [-0.3, -0.25) is 14.8 Å². The molecule has 1 N–H and O–H groups in total. The molecule has 1 aliphatic rings. The molecule has 25 heavy (non-hydrogen) atoms. The summed E-state index contributed by atoms with van der Waals surface area (Å²) in [7, 11) is 1.57. The van der Waals surface area contributed by atoms with Crippen LogP contribution in [0.2, 0.25) is 0 Å². The average Bonchev–Trinajstić information content (AvgIpc) is 2.77. The number of amides is 1. The number of hydrogen-bond donors (Lipinski definition) is 1. The van der Waals surface area contributed by atoms with E-state index in [2.05, 4.69) is 10.4 Å². The summed E-state index contributed by atoms with van der Waals surface area (Å²) in [4.78, 5) is 22.4. The molecule has 1 saturated heterocycles. The van der Waals surface area contributed by atoms with Crippen LogP contribution in [0.5, 0.6) is 0 Å². The molecule has 0 radical (unpaired) electrons. The smallest absolute Gasteiger partial charge is 0.407 e. The van der Waals surface area contributed by atoms with E-state index in [0.717, 1.165) is 6.20 Å². The summed E-state index contributed by atoms with van der Waals surface area (Å²) in [6.45, 7) is 4.86. The minimum absolute atomic E-state index is 0.165. The van der Waals surface area contributed by atoms with Crippen molar-refractivity contribution < 1.29 is 23.6 Å². The molecule has 3 atom stereocenters. The lowest BCUT2D eigenvalue weighted by Crippen LogP contribution is -2.44. The Morgan fingerprint density at radius 2 is 2.20 bits per heavy atom. The molecule has 0 saturated carbocycles. The number of halogens is 1. The molecule has 0 unspecified atom stereocenters. The Kier molecular flexibility index (Phi) is 5.61. The topological polar surface area (TPSA) is 109 Å². The fraction of sp³-hybridized carbons (Fsp3) is 0.733. The zero-order valence-electron chi connectivity index (χ0n) is 14.7. The standard InChI is InChI=1S/C15H23FN4O5/c1-15(2,3)25-14(21)18-10-5-6-12(24-8-9(10)16)13-11(20(22)23)7-17-19(13)4/h7,9-10,12H,5-6,8H2,1-4H3,(H,18,21)/t9-,10+,12-/m0/s1. The summed E-state index contributed by atoms with van der Waals surface area (Å²) in [5.74, 6) is 0. The number of aryl methyl sites for hydroxylation is 1. The van der Waals surface area contributed by atoms with Crippen molar-refractivity contribution >= 4 is 11.8 Å². The molecule has 1 aromatic rings. The van der Waals surface area contributed by atoms with Crippen molar-refractivity contribution in [2.45, 2.75) is 57.5 Å². The van der Waals surface area contributed by atoms with Crippen molar-refractivity contribution in [1.82, 2.24) is 15.1 Å². The Morgan fingerprint density at radius 3 is 2.80 bits per heavy atom. The van der Waals surface area contributed by atoms with Gasteiger partial charge in [-0.1, -0.05) is 0 Å². The molecule has 1 fully saturated rings. The zero-order chi connectivity index (χ0) is 18.8. The Labute approximate surface area is 144 Å². The van der Waals surface area contributed by atoms with Gasteiger partial charge in [0.2, 0.25) is 0 Å². The predicted octanol–water partition coefficient (Wildman–Crippen LogP) is 2.41. The first-order valence-corrected chi connectivity index (χ1v) is 8.00. The van der Waals surface area contributed by atoms with Gasteiger partial charge in [0.05, 0.1) is 17.6 Å². The zero-order valence-corrected chi connectivity index (χ0v) is 14.7. The average molecular weight is 358 g/mol. The van der Waals surface area contributed by atoms with Crippen LogP contribution in [0.15, 0.2) is 6.20 Å². The summed E-state index contributed by atoms with van der Waals surface area (Å²) in [5.41, 5.74) is -0.564. The second-order valence-electron chi connectivity index (χ2n) is 6.96. The van der Waals surface area contributed by atoms with Crippen LogP contribution in [-0.4, -0.2) is 45.2 Å². The molecule has 0 aliphatic carbocycles. The Hall–Kier alpha value is -2.23. The number of aromatic nitrogens is 2. The number of ether oxygens (including phenoxy) is 2. The number of nitrogens with zero attached hydrogens (tertiary/aromatic N) is 3. The molecule has 2 rings (SSSR count). The third-order valence-corrected chi connectivity index (χ3v) is 3.80. The lowest BCUT2D eigenvalue weighted by molar-refractivity contribution is -0.386. The van der Waals surface area contributed by atoms with E-state index in [4.69, 9.17) is 9.47 Å². The summed E-state index contributed by atoms with van der Waals surface area (Å²) in [5, 5.41) is 17.5. The third-order valence-electron chi connectivity index (χ3n) is 3.80. The van der Waals surface area contributed by atoms with Gasteiger partial charge in [0.25, 0.3) is 0 Å². The van der Waals surface area contributed by atoms with Crippen LogP contribution in [0.1, 0.15) is 45.4 Å². The van der Waals surface area contributed by atoms with Gasteiger partial charge >= 0.3 is 11.8 Å². The maximum Gasteiger partial charge on any atom is 0.407 e. The molecule has 1 amide bonds. The first kappa shape index (κ1) is 19.1. The second-order valence-corrected chi connectivity index (χ2v) is 6.96. The van der Waals surface area contributed by atoms with E-state index in [1.807, 2.05) is 0 Å². The number of alkyl halides is 1. The van der Waals surface area contributed by atoms with Gasteiger partial charge in [0.15, 0.2) is 0 Å². The number of carbonyl (C=O) groups excluding carboxylic acids is 1. The number of hydrogen-bond acceptors (Lipinski definition) is 6. The van der Waals surface area contributed by atoms with Crippen LogP contribution >= 0.6 is 0 Å². The van der Waals surface area contributed by atoms with E-state index in [1.165, 1.54) is 4.68 Å². The minimum Gasteiger partial charge on any atom is -0.444 e. The molecule has 1 aromatic heterocycles. The molecule has 0 spiro atoms. The fourth-order valence-corrected chi connectivity index (χ4v) is 2.71.